The first-order chi connectivity index (χ1) is 11.1. The van der Waals surface area contributed by atoms with Crippen LogP contribution in [-0.4, -0.2) is 0 Å². The van der Waals surface area contributed by atoms with Crippen molar-refractivity contribution < 1.29 is 8.78 Å². The maximum atomic E-state index is 13.9. The Balaban J connectivity index is 2.19. The predicted octanol–water partition coefficient (Wildman–Crippen LogP) is 4.88. The molecule has 2 aromatic carbocycles. The van der Waals surface area contributed by atoms with E-state index in [4.69, 9.17) is 0 Å². The molecular formula is C21H18F2. The van der Waals surface area contributed by atoms with Crippen LogP contribution in [0.2, 0.25) is 0 Å². The van der Waals surface area contributed by atoms with Gasteiger partial charge in [0.25, 0.3) is 0 Å². The van der Waals surface area contributed by atoms with Gasteiger partial charge in [-0.2, -0.15) is 0 Å². The number of rotatable bonds is 3. The third-order valence-electron chi connectivity index (χ3n) is 3.42. The Labute approximate surface area is 136 Å². The Morgan fingerprint density at radius 2 is 1.52 bits per heavy atom. The first-order valence-corrected chi connectivity index (χ1v) is 7.62. The van der Waals surface area contributed by atoms with Gasteiger partial charge in [0.15, 0.2) is 0 Å². The molecule has 0 atom stereocenters. The van der Waals surface area contributed by atoms with Crippen molar-refractivity contribution >= 4 is 0 Å². The lowest BCUT2D eigenvalue weighted by Gasteiger charge is -2.03. The van der Waals surface area contributed by atoms with Crippen LogP contribution in [0.25, 0.3) is 0 Å². The van der Waals surface area contributed by atoms with E-state index in [0.717, 1.165) is 11.1 Å². The van der Waals surface area contributed by atoms with Crippen molar-refractivity contribution in [3.8, 4) is 23.7 Å². The van der Waals surface area contributed by atoms with E-state index in [9.17, 15) is 8.78 Å². The van der Waals surface area contributed by atoms with Crippen LogP contribution in [0.15, 0.2) is 36.4 Å². The molecule has 0 N–H and O–H groups in total. The van der Waals surface area contributed by atoms with Crippen LogP contribution >= 0.6 is 0 Å². The molecule has 0 aliphatic rings. The molecule has 0 heterocycles. The molecule has 0 aliphatic heterocycles. The van der Waals surface area contributed by atoms with Crippen LogP contribution in [0.3, 0.4) is 0 Å². The van der Waals surface area contributed by atoms with Crippen molar-refractivity contribution in [3.63, 3.8) is 0 Å². The Hall–Kier alpha value is -2.58. The van der Waals surface area contributed by atoms with Gasteiger partial charge in [-0.1, -0.05) is 43.2 Å². The zero-order valence-electron chi connectivity index (χ0n) is 13.3. The summed E-state index contributed by atoms with van der Waals surface area (Å²) in [4.78, 5) is 0. The molecule has 0 aliphatic carbocycles. The highest BCUT2D eigenvalue weighted by atomic mass is 19.1. The van der Waals surface area contributed by atoms with E-state index in [2.05, 4.69) is 23.7 Å². The minimum Gasteiger partial charge on any atom is -0.207 e. The molecule has 0 nitrogen and oxygen atoms in total. The van der Waals surface area contributed by atoms with Crippen molar-refractivity contribution in [2.24, 2.45) is 0 Å². The summed E-state index contributed by atoms with van der Waals surface area (Å²) in [5.74, 6) is 10.6. The Morgan fingerprint density at radius 1 is 0.913 bits per heavy atom. The van der Waals surface area contributed by atoms with Gasteiger partial charge in [-0.3, -0.25) is 0 Å². The molecule has 0 saturated heterocycles. The van der Waals surface area contributed by atoms with Gasteiger partial charge in [-0.15, -0.1) is 5.92 Å². The quantitative estimate of drug-likeness (QED) is 0.709. The van der Waals surface area contributed by atoms with Crippen LogP contribution < -0.4 is 0 Å². The highest BCUT2D eigenvalue weighted by molar-refractivity contribution is 5.45. The second kappa shape index (κ2) is 8.16. The highest BCUT2D eigenvalue weighted by Gasteiger charge is 2.09. The first kappa shape index (κ1) is 16.8. The van der Waals surface area contributed by atoms with E-state index < -0.39 is 11.6 Å². The average molecular weight is 308 g/mol. The van der Waals surface area contributed by atoms with Gasteiger partial charge in [-0.05, 0) is 43.2 Å². The van der Waals surface area contributed by atoms with Gasteiger partial charge >= 0.3 is 0 Å². The fourth-order valence-corrected chi connectivity index (χ4v) is 2.20. The van der Waals surface area contributed by atoms with Crippen molar-refractivity contribution in [2.45, 2.75) is 33.1 Å². The minimum absolute atomic E-state index is 0.138. The molecule has 2 aromatic rings. The van der Waals surface area contributed by atoms with Crippen molar-refractivity contribution in [2.75, 3.05) is 0 Å². The molecule has 0 saturated carbocycles. The largest absolute Gasteiger partial charge is 0.207 e. The third-order valence-corrected chi connectivity index (χ3v) is 3.42. The molecule has 0 unspecified atom stereocenters. The summed E-state index contributed by atoms with van der Waals surface area (Å²) in [7, 11) is 0. The zero-order chi connectivity index (χ0) is 16.7. The van der Waals surface area contributed by atoms with Gasteiger partial charge in [0.1, 0.15) is 11.6 Å². The molecule has 23 heavy (non-hydrogen) atoms. The van der Waals surface area contributed by atoms with Crippen molar-refractivity contribution in [3.05, 3.63) is 70.3 Å². The Morgan fingerprint density at radius 3 is 2.09 bits per heavy atom. The van der Waals surface area contributed by atoms with E-state index in [1.54, 1.807) is 0 Å². The number of benzene rings is 2. The molecule has 0 bridgehead atoms. The Kier molecular flexibility index (Phi) is 5.95. The Bertz CT molecular complexity index is 771. The van der Waals surface area contributed by atoms with E-state index in [-0.39, 0.29) is 5.56 Å². The van der Waals surface area contributed by atoms with E-state index in [0.29, 0.717) is 24.8 Å². The maximum absolute atomic E-state index is 13.9. The monoisotopic (exact) mass is 308 g/mol. The number of halogens is 2. The van der Waals surface area contributed by atoms with E-state index >= 15 is 0 Å². The van der Waals surface area contributed by atoms with Crippen molar-refractivity contribution in [1.82, 2.24) is 0 Å². The molecule has 2 rings (SSSR count). The predicted molar refractivity (Wildman–Crippen MR) is 89.9 cm³/mol. The number of hydrogen-bond acceptors (Lipinski definition) is 0. The van der Waals surface area contributed by atoms with E-state index in [1.165, 1.54) is 12.1 Å². The average Bonchev–Trinajstić information content (AvgIpc) is 2.55. The van der Waals surface area contributed by atoms with Gasteiger partial charge in [-0.25, -0.2) is 8.78 Å². The smallest absolute Gasteiger partial charge is 0.130 e. The van der Waals surface area contributed by atoms with Crippen LogP contribution in [-0.2, 0) is 12.8 Å². The van der Waals surface area contributed by atoms with Crippen LogP contribution in [0.1, 0.15) is 42.5 Å². The second-order valence-corrected chi connectivity index (χ2v) is 5.22. The van der Waals surface area contributed by atoms with Crippen molar-refractivity contribution in [1.29, 1.82) is 0 Å². The molecule has 0 amide bonds. The highest BCUT2D eigenvalue weighted by Crippen LogP contribution is 2.17. The lowest BCUT2D eigenvalue weighted by Crippen LogP contribution is -1.96. The molecule has 0 radical (unpaired) electrons. The first-order valence-electron chi connectivity index (χ1n) is 7.62. The molecule has 0 spiro atoms. The summed E-state index contributed by atoms with van der Waals surface area (Å²) >= 11 is 0. The molecule has 0 aromatic heterocycles. The SMILES string of the molecule is CC#CCc1ccc(C#Cc2cc(F)c(CCC)c(F)c2)cc1. The molecular weight excluding hydrogens is 290 g/mol. The maximum Gasteiger partial charge on any atom is 0.130 e. The fourth-order valence-electron chi connectivity index (χ4n) is 2.20. The minimum atomic E-state index is -0.523. The van der Waals surface area contributed by atoms with Gasteiger partial charge in [0.2, 0.25) is 0 Å². The van der Waals surface area contributed by atoms with Crippen LogP contribution in [0.4, 0.5) is 8.78 Å². The summed E-state index contributed by atoms with van der Waals surface area (Å²) in [6.45, 7) is 3.70. The van der Waals surface area contributed by atoms with Crippen LogP contribution in [0.5, 0.6) is 0 Å². The fraction of sp³-hybridized carbons (Fsp3) is 0.238. The van der Waals surface area contributed by atoms with Crippen LogP contribution in [0, 0.1) is 35.3 Å². The topological polar surface area (TPSA) is 0 Å². The van der Waals surface area contributed by atoms with Gasteiger partial charge < -0.3 is 0 Å². The standard InChI is InChI=1S/C21H18F2/c1-3-5-7-16-8-10-17(11-9-16)12-13-18-14-20(22)19(6-4-2)21(23)15-18/h8-11,14-15H,4,6-7H2,1-2H3. The summed E-state index contributed by atoms with van der Waals surface area (Å²) in [5.41, 5.74) is 2.41. The summed E-state index contributed by atoms with van der Waals surface area (Å²) < 4.78 is 27.7. The summed E-state index contributed by atoms with van der Waals surface area (Å²) in [5, 5.41) is 0. The van der Waals surface area contributed by atoms with Gasteiger partial charge in [0.05, 0.1) is 0 Å². The molecule has 116 valence electrons. The molecule has 0 fully saturated rings. The lowest BCUT2D eigenvalue weighted by atomic mass is 10.1. The normalized spacial score (nSPS) is 9.57. The molecule has 2 heteroatoms. The van der Waals surface area contributed by atoms with E-state index in [1.807, 2.05) is 38.1 Å². The summed E-state index contributed by atoms with van der Waals surface area (Å²) in [6, 6.07) is 10.3. The van der Waals surface area contributed by atoms with Gasteiger partial charge in [0, 0.05) is 23.1 Å². The summed E-state index contributed by atoms with van der Waals surface area (Å²) in [6.07, 6.45) is 1.81. The third kappa shape index (κ3) is 4.70. The zero-order valence-corrected chi connectivity index (χ0v) is 13.3. The number of hydrogen-bond donors (Lipinski definition) is 0. The lowest BCUT2D eigenvalue weighted by molar-refractivity contribution is 0.552. The second-order valence-electron chi connectivity index (χ2n) is 5.22.